The van der Waals surface area contributed by atoms with Crippen LogP contribution in [0.2, 0.25) is 0 Å². The molecular weight excluding hydrogens is 300 g/mol. The Balaban J connectivity index is 2.01. The second kappa shape index (κ2) is 6.75. The van der Waals surface area contributed by atoms with E-state index in [1.807, 2.05) is 6.07 Å². The Bertz CT molecular complexity index is 678. The lowest BCUT2D eigenvalue weighted by atomic mass is 9.90. The number of carbonyl (C=O) groups is 2. The van der Waals surface area contributed by atoms with Gasteiger partial charge in [-0.15, -0.1) is 11.3 Å². The number of thiophene rings is 1. The van der Waals surface area contributed by atoms with Crippen molar-refractivity contribution in [2.75, 3.05) is 6.61 Å². The number of hydrogen-bond acceptors (Lipinski definition) is 6. The molecule has 1 heterocycles. The van der Waals surface area contributed by atoms with Crippen LogP contribution in [-0.2, 0) is 22.4 Å². The van der Waals surface area contributed by atoms with E-state index in [-0.39, 0.29) is 11.3 Å². The highest BCUT2D eigenvalue weighted by Crippen LogP contribution is 2.32. The number of fused-ring (bicyclic) bond motifs is 1. The van der Waals surface area contributed by atoms with Crippen molar-refractivity contribution in [2.45, 2.75) is 33.1 Å². The van der Waals surface area contributed by atoms with Gasteiger partial charge < -0.3 is 10.5 Å². The first-order valence-electron chi connectivity index (χ1n) is 7.10. The van der Waals surface area contributed by atoms with Crippen molar-refractivity contribution in [1.29, 1.82) is 5.26 Å². The third-order valence-electron chi connectivity index (χ3n) is 3.65. The van der Waals surface area contributed by atoms with Crippen molar-refractivity contribution in [1.82, 2.24) is 0 Å². The normalized spacial score (nSPS) is 18.0. The van der Waals surface area contributed by atoms with Crippen molar-refractivity contribution in [3.8, 4) is 6.07 Å². The van der Waals surface area contributed by atoms with Crippen molar-refractivity contribution in [2.24, 2.45) is 11.7 Å². The minimum absolute atomic E-state index is 0.129. The van der Waals surface area contributed by atoms with Crippen LogP contribution in [-0.4, -0.2) is 18.4 Å². The number of ether oxygens (including phenoxy) is 1. The lowest BCUT2D eigenvalue weighted by Gasteiger charge is -2.16. The predicted molar refractivity (Wildman–Crippen MR) is 83.3 cm³/mol. The van der Waals surface area contributed by atoms with Gasteiger partial charge in [0.1, 0.15) is 16.5 Å². The summed E-state index contributed by atoms with van der Waals surface area (Å²) in [7, 11) is 0. The molecule has 5 nitrogen and oxygen atoms in total. The molecule has 0 amide bonds. The van der Waals surface area contributed by atoms with E-state index < -0.39 is 18.4 Å². The first kappa shape index (κ1) is 16.2. The van der Waals surface area contributed by atoms with Crippen LogP contribution in [0, 0.1) is 17.2 Å². The molecule has 116 valence electrons. The van der Waals surface area contributed by atoms with E-state index in [1.54, 1.807) is 6.07 Å². The molecule has 1 aromatic heterocycles. The molecule has 22 heavy (non-hydrogen) atoms. The summed E-state index contributed by atoms with van der Waals surface area (Å²) < 4.78 is 5.01. The molecule has 0 saturated heterocycles. The number of hydrogen-bond donors (Lipinski definition) is 1. The van der Waals surface area contributed by atoms with E-state index in [4.69, 9.17) is 15.7 Å². The van der Waals surface area contributed by atoms with Crippen molar-refractivity contribution >= 4 is 23.1 Å². The van der Waals surface area contributed by atoms with Crippen LogP contribution in [0.1, 0.15) is 40.4 Å². The predicted octanol–water partition coefficient (Wildman–Crippen LogP) is 2.36. The molecule has 1 aliphatic carbocycles. The first-order chi connectivity index (χ1) is 10.4. The molecule has 0 aliphatic heterocycles. The number of allylic oxidation sites excluding steroid dienone is 1. The van der Waals surface area contributed by atoms with Crippen LogP contribution < -0.4 is 5.73 Å². The Kier molecular flexibility index (Phi) is 4.99. The molecule has 2 rings (SSSR count). The van der Waals surface area contributed by atoms with Crippen LogP contribution >= 0.6 is 11.3 Å². The van der Waals surface area contributed by atoms with E-state index in [2.05, 4.69) is 6.92 Å². The topological polar surface area (TPSA) is 93.2 Å². The fraction of sp³-hybridized carbons (Fsp3) is 0.438. The molecule has 0 bridgehead atoms. The van der Waals surface area contributed by atoms with E-state index >= 15 is 0 Å². The molecule has 0 spiro atoms. The summed E-state index contributed by atoms with van der Waals surface area (Å²) in [4.78, 5) is 25.5. The molecule has 2 N–H and O–H groups in total. The highest BCUT2D eigenvalue weighted by molar-refractivity contribution is 7.14. The fourth-order valence-electron chi connectivity index (χ4n) is 2.45. The molecular formula is C16H18N2O3S. The maximum Gasteiger partial charge on any atom is 0.348 e. The average molecular weight is 318 g/mol. The van der Waals surface area contributed by atoms with E-state index in [1.165, 1.54) is 28.7 Å². The Morgan fingerprint density at radius 2 is 2.27 bits per heavy atom. The van der Waals surface area contributed by atoms with Gasteiger partial charge in [0.25, 0.3) is 0 Å². The van der Waals surface area contributed by atoms with Crippen molar-refractivity contribution < 1.29 is 14.3 Å². The number of carbonyl (C=O) groups excluding carboxylic acids is 2. The van der Waals surface area contributed by atoms with Crippen LogP contribution in [0.15, 0.2) is 17.3 Å². The van der Waals surface area contributed by atoms with E-state index in [9.17, 15) is 9.59 Å². The van der Waals surface area contributed by atoms with Gasteiger partial charge in [-0.2, -0.15) is 5.26 Å². The third kappa shape index (κ3) is 3.55. The Morgan fingerprint density at radius 3 is 2.91 bits per heavy atom. The van der Waals surface area contributed by atoms with Crippen molar-refractivity contribution in [3.63, 3.8) is 0 Å². The van der Waals surface area contributed by atoms with Crippen LogP contribution in [0.25, 0.3) is 0 Å². The summed E-state index contributed by atoms with van der Waals surface area (Å²) in [5.41, 5.74) is 6.62. The highest BCUT2D eigenvalue weighted by Gasteiger charge is 2.22. The van der Waals surface area contributed by atoms with Gasteiger partial charge in [0.05, 0.1) is 0 Å². The number of rotatable bonds is 4. The number of ketones is 1. The number of aryl methyl sites for hydroxylation is 1. The van der Waals surface area contributed by atoms with E-state index in [0.29, 0.717) is 10.8 Å². The number of nitrogens with two attached hydrogens (primary N) is 1. The van der Waals surface area contributed by atoms with Gasteiger partial charge in [0.2, 0.25) is 5.78 Å². The largest absolute Gasteiger partial charge is 0.453 e. The van der Waals surface area contributed by atoms with Crippen LogP contribution in [0.4, 0.5) is 0 Å². The number of Topliss-reactive ketones (excluding diaryl/α,β-unsaturated/α-hetero) is 1. The van der Waals surface area contributed by atoms with Gasteiger partial charge in [-0.1, -0.05) is 6.92 Å². The number of nitrogens with zero attached hydrogens (tertiary/aromatic N) is 1. The van der Waals surface area contributed by atoms with Gasteiger partial charge >= 0.3 is 5.97 Å². The molecule has 0 fully saturated rings. The summed E-state index contributed by atoms with van der Waals surface area (Å²) in [6.45, 7) is 3.20. The number of nitriles is 1. The average Bonchev–Trinajstić information content (AvgIpc) is 2.88. The maximum absolute atomic E-state index is 12.0. The molecule has 1 aromatic rings. The smallest absolute Gasteiger partial charge is 0.348 e. The zero-order valence-electron chi connectivity index (χ0n) is 12.6. The highest BCUT2D eigenvalue weighted by atomic mass is 32.1. The Hall–Kier alpha value is -2.13. The van der Waals surface area contributed by atoms with Crippen LogP contribution in [0.3, 0.4) is 0 Å². The fourth-order valence-corrected chi connectivity index (χ4v) is 3.55. The molecule has 1 atom stereocenters. The first-order valence-corrected chi connectivity index (χ1v) is 7.92. The molecule has 6 heteroatoms. The Labute approximate surface area is 133 Å². The summed E-state index contributed by atoms with van der Waals surface area (Å²) in [5.74, 6) is -0.471. The molecule has 0 saturated carbocycles. The van der Waals surface area contributed by atoms with Gasteiger partial charge in [-0.25, -0.2) is 4.79 Å². The van der Waals surface area contributed by atoms with Gasteiger partial charge in [-0.3, -0.25) is 4.79 Å². The quantitative estimate of drug-likeness (QED) is 0.522. The molecule has 0 aromatic carbocycles. The molecule has 0 unspecified atom stereocenters. The van der Waals surface area contributed by atoms with Gasteiger partial charge in [-0.05, 0) is 43.7 Å². The monoisotopic (exact) mass is 318 g/mol. The summed E-state index contributed by atoms with van der Waals surface area (Å²) >= 11 is 1.43. The third-order valence-corrected chi connectivity index (χ3v) is 4.87. The zero-order valence-corrected chi connectivity index (χ0v) is 13.5. The second-order valence-corrected chi connectivity index (χ2v) is 6.71. The van der Waals surface area contributed by atoms with Gasteiger partial charge in [0, 0.05) is 10.6 Å². The number of esters is 1. The van der Waals surface area contributed by atoms with Crippen LogP contribution in [0.5, 0.6) is 0 Å². The molecule has 0 radical (unpaired) electrons. The minimum Gasteiger partial charge on any atom is -0.453 e. The standard InChI is InChI=1S/C16H18N2O3S/c1-9-3-4-14-11(5-9)6-15(22-14)16(20)21-8-13(19)12(7-17)10(2)18/h6,9H,3-5,8,18H2,1-2H3/b12-10-/t9-/m0/s1. The van der Waals surface area contributed by atoms with Crippen molar-refractivity contribution in [3.05, 3.63) is 32.7 Å². The van der Waals surface area contributed by atoms with E-state index in [0.717, 1.165) is 19.3 Å². The van der Waals surface area contributed by atoms with Gasteiger partial charge in [0.15, 0.2) is 6.61 Å². The second-order valence-electron chi connectivity index (χ2n) is 5.58. The summed E-state index contributed by atoms with van der Waals surface area (Å²) in [6, 6.07) is 3.58. The zero-order chi connectivity index (χ0) is 16.3. The lowest BCUT2D eigenvalue weighted by Crippen LogP contribution is -2.17. The molecule has 1 aliphatic rings. The minimum atomic E-state index is -0.578. The summed E-state index contributed by atoms with van der Waals surface area (Å²) in [6.07, 6.45) is 3.10. The Morgan fingerprint density at radius 1 is 1.55 bits per heavy atom. The summed E-state index contributed by atoms with van der Waals surface area (Å²) in [5, 5.41) is 8.84. The lowest BCUT2D eigenvalue weighted by molar-refractivity contribution is -0.118. The SMILES string of the molecule is C/C(N)=C(\C#N)C(=O)COC(=O)c1cc2c(s1)CC[C@H](C)C2. The maximum atomic E-state index is 12.0.